The number of ether oxygens (including phenoxy) is 2. The molecule has 0 amide bonds. The minimum Gasteiger partial charge on any atom is -0.497 e. The van der Waals surface area contributed by atoms with Crippen LogP contribution >= 0.6 is 0 Å². The number of rotatable bonds is 6. The molecule has 9 heteroatoms. The molecule has 2 aromatic rings. The molecular formula is C19H22N2O6S. The number of sulfonamides is 1. The number of carboxylic acids is 1. The first-order valence-electron chi connectivity index (χ1n) is 8.67. The molecule has 0 aromatic heterocycles. The highest BCUT2D eigenvalue weighted by Crippen LogP contribution is 2.31. The monoisotopic (exact) mass is 406 g/mol. The fourth-order valence-electron chi connectivity index (χ4n) is 3.13. The van der Waals surface area contributed by atoms with E-state index < -0.39 is 16.0 Å². The van der Waals surface area contributed by atoms with Crippen LogP contribution in [0.25, 0.3) is 0 Å². The molecule has 1 aliphatic rings. The van der Waals surface area contributed by atoms with Gasteiger partial charge >= 0.3 is 5.97 Å². The average Bonchev–Trinajstić information content (AvgIpc) is 2.73. The first-order chi connectivity index (χ1) is 13.4. The number of methoxy groups -OCH3 is 2. The molecule has 0 bridgehead atoms. The number of hydrogen-bond acceptors (Lipinski definition) is 6. The number of aromatic carboxylic acids is 1. The van der Waals surface area contributed by atoms with Crippen LogP contribution in [0.1, 0.15) is 10.4 Å². The van der Waals surface area contributed by atoms with Gasteiger partial charge in [0.15, 0.2) is 0 Å². The van der Waals surface area contributed by atoms with Gasteiger partial charge in [0.05, 0.1) is 19.8 Å². The van der Waals surface area contributed by atoms with Crippen LogP contribution in [0.4, 0.5) is 5.69 Å². The van der Waals surface area contributed by atoms with Crippen molar-refractivity contribution in [2.24, 2.45) is 0 Å². The smallest absolute Gasteiger partial charge is 0.335 e. The minimum absolute atomic E-state index is 0.0774. The molecule has 0 atom stereocenters. The Morgan fingerprint density at radius 3 is 2.14 bits per heavy atom. The number of carbonyl (C=O) groups is 1. The second-order valence-corrected chi connectivity index (χ2v) is 8.17. The van der Waals surface area contributed by atoms with Gasteiger partial charge in [0.25, 0.3) is 0 Å². The standard InChI is InChI=1S/C19H22N2O6S/c1-26-16-7-8-17(27-2)18(13-16)28(24,25)21-11-9-20(10-12-21)15-5-3-14(4-6-15)19(22)23/h3-8,13H,9-12H2,1-2H3,(H,22,23). The lowest BCUT2D eigenvalue weighted by molar-refractivity contribution is 0.0697. The highest BCUT2D eigenvalue weighted by molar-refractivity contribution is 7.89. The van der Waals surface area contributed by atoms with Gasteiger partial charge in [0.1, 0.15) is 16.4 Å². The SMILES string of the molecule is COc1ccc(OC)c(S(=O)(=O)N2CCN(c3ccc(C(=O)O)cc3)CC2)c1. The van der Waals surface area contributed by atoms with Gasteiger partial charge in [-0.3, -0.25) is 0 Å². The van der Waals surface area contributed by atoms with Crippen LogP contribution in [0.15, 0.2) is 47.4 Å². The minimum atomic E-state index is -3.74. The lowest BCUT2D eigenvalue weighted by Gasteiger charge is -2.35. The molecule has 1 fully saturated rings. The number of hydrogen-bond donors (Lipinski definition) is 1. The van der Waals surface area contributed by atoms with Crippen molar-refractivity contribution in [2.75, 3.05) is 45.3 Å². The Morgan fingerprint density at radius 1 is 0.964 bits per heavy atom. The fraction of sp³-hybridized carbons (Fsp3) is 0.316. The van der Waals surface area contributed by atoms with Gasteiger partial charge in [-0.05, 0) is 36.4 Å². The molecule has 1 aliphatic heterocycles. The second kappa shape index (κ2) is 8.07. The Labute approximate surface area is 164 Å². The van der Waals surface area contributed by atoms with E-state index in [1.807, 2.05) is 4.90 Å². The van der Waals surface area contributed by atoms with E-state index >= 15 is 0 Å². The molecule has 0 aliphatic carbocycles. The number of nitrogens with zero attached hydrogens (tertiary/aromatic N) is 2. The first kappa shape index (κ1) is 20.0. The van der Waals surface area contributed by atoms with Crippen LogP contribution < -0.4 is 14.4 Å². The van der Waals surface area contributed by atoms with Gasteiger partial charge in [0.2, 0.25) is 10.0 Å². The summed E-state index contributed by atoms with van der Waals surface area (Å²) < 4.78 is 38.0. The summed E-state index contributed by atoms with van der Waals surface area (Å²) in [4.78, 5) is 13.1. The summed E-state index contributed by atoms with van der Waals surface area (Å²) in [6.07, 6.45) is 0. The summed E-state index contributed by atoms with van der Waals surface area (Å²) in [6, 6.07) is 11.2. The maximum Gasteiger partial charge on any atom is 0.335 e. The van der Waals surface area contributed by atoms with Gasteiger partial charge in [-0.15, -0.1) is 0 Å². The third-order valence-electron chi connectivity index (χ3n) is 4.71. The van der Waals surface area contributed by atoms with E-state index in [2.05, 4.69) is 0 Å². The van der Waals surface area contributed by atoms with Crippen LogP contribution in [-0.4, -0.2) is 64.2 Å². The summed E-state index contributed by atoms with van der Waals surface area (Å²) in [5, 5.41) is 8.99. The van der Waals surface area contributed by atoms with E-state index in [4.69, 9.17) is 14.6 Å². The fourth-order valence-corrected chi connectivity index (χ4v) is 4.72. The lowest BCUT2D eigenvalue weighted by atomic mass is 10.2. The molecule has 1 saturated heterocycles. The molecule has 0 spiro atoms. The Bertz CT molecular complexity index is 951. The van der Waals surface area contributed by atoms with Gasteiger partial charge in [0, 0.05) is 37.9 Å². The van der Waals surface area contributed by atoms with E-state index in [9.17, 15) is 13.2 Å². The predicted octanol–water partition coefficient (Wildman–Crippen LogP) is 1.91. The zero-order valence-corrected chi connectivity index (χ0v) is 16.5. The zero-order valence-electron chi connectivity index (χ0n) is 15.7. The van der Waals surface area contributed by atoms with Crippen molar-refractivity contribution in [1.29, 1.82) is 0 Å². The largest absolute Gasteiger partial charge is 0.497 e. The normalized spacial score (nSPS) is 15.3. The molecule has 28 heavy (non-hydrogen) atoms. The van der Waals surface area contributed by atoms with E-state index in [1.54, 1.807) is 36.4 Å². The topological polar surface area (TPSA) is 96.4 Å². The quantitative estimate of drug-likeness (QED) is 0.783. The molecular weight excluding hydrogens is 384 g/mol. The van der Waals surface area contributed by atoms with Gasteiger partial charge < -0.3 is 19.5 Å². The Hall–Kier alpha value is -2.78. The lowest BCUT2D eigenvalue weighted by Crippen LogP contribution is -2.48. The van der Waals surface area contributed by atoms with Crippen molar-refractivity contribution in [3.63, 3.8) is 0 Å². The molecule has 2 aromatic carbocycles. The predicted molar refractivity (Wildman–Crippen MR) is 104 cm³/mol. The summed E-state index contributed by atoms with van der Waals surface area (Å²) in [7, 11) is -0.828. The molecule has 8 nitrogen and oxygen atoms in total. The van der Waals surface area contributed by atoms with E-state index in [1.165, 1.54) is 24.6 Å². The molecule has 0 unspecified atom stereocenters. The number of anilines is 1. The van der Waals surface area contributed by atoms with Gasteiger partial charge in [-0.1, -0.05) is 0 Å². The number of carboxylic acid groups (broad SMARTS) is 1. The van der Waals surface area contributed by atoms with E-state index in [0.29, 0.717) is 31.9 Å². The zero-order chi connectivity index (χ0) is 20.3. The van der Waals surface area contributed by atoms with Crippen molar-refractivity contribution in [3.8, 4) is 11.5 Å². The van der Waals surface area contributed by atoms with E-state index in [-0.39, 0.29) is 16.2 Å². The van der Waals surface area contributed by atoms with Gasteiger partial charge in [-0.2, -0.15) is 4.31 Å². The molecule has 3 rings (SSSR count). The average molecular weight is 406 g/mol. The first-order valence-corrected chi connectivity index (χ1v) is 10.1. The van der Waals surface area contributed by atoms with Crippen LogP contribution in [0.5, 0.6) is 11.5 Å². The molecule has 1 N–H and O–H groups in total. The third-order valence-corrected chi connectivity index (χ3v) is 6.63. The van der Waals surface area contributed by atoms with Crippen molar-refractivity contribution in [2.45, 2.75) is 4.90 Å². The molecule has 150 valence electrons. The maximum absolute atomic E-state index is 13.1. The second-order valence-electron chi connectivity index (χ2n) is 6.26. The van der Waals surface area contributed by atoms with Crippen molar-refractivity contribution < 1.29 is 27.8 Å². The van der Waals surface area contributed by atoms with Crippen LogP contribution in [-0.2, 0) is 10.0 Å². The summed E-state index contributed by atoms with van der Waals surface area (Å²) in [5.41, 5.74) is 1.08. The van der Waals surface area contributed by atoms with Crippen molar-refractivity contribution in [3.05, 3.63) is 48.0 Å². The molecule has 0 saturated carbocycles. The highest BCUT2D eigenvalue weighted by Gasteiger charge is 2.31. The van der Waals surface area contributed by atoms with Crippen LogP contribution in [0.3, 0.4) is 0 Å². The number of piperazine rings is 1. The summed E-state index contributed by atoms with van der Waals surface area (Å²) in [5.74, 6) is -0.265. The molecule has 0 radical (unpaired) electrons. The van der Waals surface area contributed by atoms with Crippen molar-refractivity contribution in [1.82, 2.24) is 4.31 Å². The van der Waals surface area contributed by atoms with Crippen LogP contribution in [0.2, 0.25) is 0 Å². The molecule has 1 heterocycles. The van der Waals surface area contributed by atoms with Gasteiger partial charge in [-0.25, -0.2) is 13.2 Å². The number of benzene rings is 2. The van der Waals surface area contributed by atoms with Crippen LogP contribution in [0, 0.1) is 0 Å². The summed E-state index contributed by atoms with van der Waals surface area (Å²) >= 11 is 0. The Morgan fingerprint density at radius 2 is 1.61 bits per heavy atom. The van der Waals surface area contributed by atoms with E-state index in [0.717, 1.165) is 5.69 Å². The summed E-state index contributed by atoms with van der Waals surface area (Å²) in [6.45, 7) is 1.61. The maximum atomic E-state index is 13.1. The van der Waals surface area contributed by atoms with Crippen molar-refractivity contribution >= 4 is 21.7 Å². The Balaban J connectivity index is 1.76. The third kappa shape index (κ3) is 3.90. The Kier molecular flexibility index (Phi) is 5.76. The highest BCUT2D eigenvalue weighted by atomic mass is 32.2.